The third-order valence-corrected chi connectivity index (χ3v) is 2.80. The fourth-order valence-corrected chi connectivity index (χ4v) is 1.69. The number of carboxylic acid groups (broad SMARTS) is 1. The molecule has 0 amide bonds. The number of hydrogen-bond acceptors (Lipinski definition) is 5. The summed E-state index contributed by atoms with van der Waals surface area (Å²) in [4.78, 5) is 10.9. The molecule has 6 heteroatoms. The molecule has 0 aliphatic heterocycles. The van der Waals surface area contributed by atoms with E-state index in [1.807, 2.05) is 0 Å². The highest BCUT2D eigenvalue weighted by Gasteiger charge is 2.04. The van der Waals surface area contributed by atoms with Crippen LogP contribution in [0.25, 0.3) is 0 Å². The Morgan fingerprint density at radius 2 is 1.78 bits per heavy atom. The summed E-state index contributed by atoms with van der Waals surface area (Å²) in [5.74, 6) is -0.0721. The Hall–Kier alpha value is -3.77. The van der Waals surface area contributed by atoms with E-state index in [-0.39, 0.29) is 11.1 Å². The van der Waals surface area contributed by atoms with Crippen LogP contribution in [0.4, 0.5) is 5.69 Å². The summed E-state index contributed by atoms with van der Waals surface area (Å²) in [6.45, 7) is 0. The molecule has 2 N–H and O–H groups in total. The maximum absolute atomic E-state index is 10.9. The summed E-state index contributed by atoms with van der Waals surface area (Å²) in [7, 11) is 0. The number of benzene rings is 2. The van der Waals surface area contributed by atoms with Gasteiger partial charge in [0.25, 0.3) is 0 Å². The summed E-state index contributed by atoms with van der Waals surface area (Å²) < 4.78 is 5.58. The number of carboxylic acids is 1. The van der Waals surface area contributed by atoms with Crippen molar-refractivity contribution < 1.29 is 14.6 Å². The average Bonchev–Trinajstić information content (AvgIpc) is 2.57. The van der Waals surface area contributed by atoms with Gasteiger partial charge in [0.2, 0.25) is 0 Å². The van der Waals surface area contributed by atoms with Crippen molar-refractivity contribution in [1.29, 1.82) is 10.5 Å². The summed E-state index contributed by atoms with van der Waals surface area (Å²) in [5, 5.41) is 29.0. The molecule has 0 atom stereocenters. The molecule has 0 aliphatic carbocycles. The molecule has 0 aliphatic rings. The van der Waals surface area contributed by atoms with Crippen molar-refractivity contribution in [2.75, 3.05) is 5.32 Å². The number of nitriles is 2. The minimum atomic E-state index is -1.02. The fraction of sp³-hybridized carbons (Fsp3) is 0. The van der Waals surface area contributed by atoms with E-state index in [0.717, 1.165) is 0 Å². The summed E-state index contributed by atoms with van der Waals surface area (Å²) in [5.41, 5.74) is 0.793. The van der Waals surface area contributed by atoms with Gasteiger partial charge in [-0.1, -0.05) is 6.07 Å². The van der Waals surface area contributed by atoms with Crippen LogP contribution in [0.3, 0.4) is 0 Å². The van der Waals surface area contributed by atoms with Gasteiger partial charge < -0.3 is 15.2 Å². The third-order valence-electron chi connectivity index (χ3n) is 2.80. The standard InChI is InChI=1S/C17H11N3O3/c18-9-12(10-19)11-20-14-4-6-15(7-5-14)23-16-3-1-2-13(8-16)17(21)22/h1-8,11,20H,(H,21,22). The van der Waals surface area contributed by atoms with E-state index in [0.29, 0.717) is 17.2 Å². The van der Waals surface area contributed by atoms with Crippen LogP contribution in [-0.4, -0.2) is 11.1 Å². The van der Waals surface area contributed by atoms with Gasteiger partial charge in [-0.15, -0.1) is 0 Å². The molecular weight excluding hydrogens is 294 g/mol. The molecular formula is C17H11N3O3. The third kappa shape index (κ3) is 4.35. The van der Waals surface area contributed by atoms with Crippen LogP contribution in [0.15, 0.2) is 60.3 Å². The molecule has 2 aromatic carbocycles. The Labute approximate surface area is 132 Å². The first-order chi connectivity index (χ1) is 11.1. The van der Waals surface area contributed by atoms with E-state index >= 15 is 0 Å². The van der Waals surface area contributed by atoms with Crippen molar-refractivity contribution in [2.45, 2.75) is 0 Å². The van der Waals surface area contributed by atoms with Gasteiger partial charge in [-0.25, -0.2) is 4.79 Å². The monoisotopic (exact) mass is 305 g/mol. The zero-order chi connectivity index (χ0) is 16.7. The van der Waals surface area contributed by atoms with Crippen LogP contribution in [0.5, 0.6) is 11.5 Å². The second-order valence-electron chi connectivity index (χ2n) is 4.39. The van der Waals surface area contributed by atoms with Crippen LogP contribution in [0, 0.1) is 22.7 Å². The van der Waals surface area contributed by atoms with Gasteiger partial charge in [-0.05, 0) is 42.5 Å². The Bertz CT molecular complexity index is 811. The number of aromatic carboxylic acids is 1. The summed E-state index contributed by atoms with van der Waals surface area (Å²) >= 11 is 0. The van der Waals surface area contributed by atoms with Crippen molar-refractivity contribution in [3.63, 3.8) is 0 Å². The molecule has 0 spiro atoms. The number of nitrogens with zero attached hydrogens (tertiary/aromatic N) is 2. The average molecular weight is 305 g/mol. The van der Waals surface area contributed by atoms with Gasteiger partial charge in [0.15, 0.2) is 0 Å². The van der Waals surface area contributed by atoms with E-state index in [1.54, 1.807) is 48.5 Å². The van der Waals surface area contributed by atoms with Gasteiger partial charge in [-0.2, -0.15) is 10.5 Å². The predicted molar refractivity (Wildman–Crippen MR) is 82.8 cm³/mol. The van der Waals surface area contributed by atoms with Gasteiger partial charge >= 0.3 is 5.97 Å². The van der Waals surface area contributed by atoms with Crippen molar-refractivity contribution in [2.24, 2.45) is 0 Å². The molecule has 0 fully saturated rings. The predicted octanol–water partition coefficient (Wildman–Crippen LogP) is 3.52. The highest BCUT2D eigenvalue weighted by molar-refractivity contribution is 5.88. The maximum Gasteiger partial charge on any atom is 0.335 e. The van der Waals surface area contributed by atoms with E-state index in [2.05, 4.69) is 5.32 Å². The van der Waals surface area contributed by atoms with Gasteiger partial charge in [0.1, 0.15) is 29.2 Å². The Morgan fingerprint density at radius 1 is 1.09 bits per heavy atom. The SMILES string of the molecule is N#CC(C#N)=CNc1ccc(Oc2cccc(C(=O)O)c2)cc1. The molecule has 0 heterocycles. The largest absolute Gasteiger partial charge is 0.478 e. The van der Waals surface area contributed by atoms with Crippen LogP contribution < -0.4 is 10.1 Å². The minimum Gasteiger partial charge on any atom is -0.478 e. The van der Waals surface area contributed by atoms with Crippen LogP contribution in [0.2, 0.25) is 0 Å². The number of ether oxygens (including phenoxy) is 1. The van der Waals surface area contributed by atoms with E-state index in [1.165, 1.54) is 18.3 Å². The fourth-order valence-electron chi connectivity index (χ4n) is 1.69. The number of nitrogens with one attached hydrogen (secondary N) is 1. The highest BCUT2D eigenvalue weighted by atomic mass is 16.5. The van der Waals surface area contributed by atoms with Gasteiger partial charge in [0, 0.05) is 11.9 Å². The van der Waals surface area contributed by atoms with Gasteiger partial charge in [-0.3, -0.25) is 0 Å². The number of carbonyl (C=O) groups is 1. The first-order valence-electron chi connectivity index (χ1n) is 6.50. The van der Waals surface area contributed by atoms with Crippen molar-refractivity contribution in [3.05, 3.63) is 65.9 Å². The van der Waals surface area contributed by atoms with Crippen LogP contribution >= 0.6 is 0 Å². The van der Waals surface area contributed by atoms with E-state index < -0.39 is 5.97 Å². The van der Waals surface area contributed by atoms with Crippen molar-refractivity contribution >= 4 is 11.7 Å². The summed E-state index contributed by atoms with van der Waals surface area (Å²) in [6.07, 6.45) is 1.31. The molecule has 112 valence electrons. The minimum absolute atomic E-state index is 0.0317. The smallest absolute Gasteiger partial charge is 0.335 e. The van der Waals surface area contributed by atoms with Crippen molar-refractivity contribution in [1.82, 2.24) is 0 Å². The topological polar surface area (TPSA) is 106 Å². The molecule has 0 unspecified atom stereocenters. The maximum atomic E-state index is 10.9. The van der Waals surface area contributed by atoms with Crippen LogP contribution in [-0.2, 0) is 0 Å². The Balaban J connectivity index is 2.07. The number of rotatable bonds is 5. The normalized spacial score (nSPS) is 9.13. The molecule has 23 heavy (non-hydrogen) atoms. The Morgan fingerprint density at radius 3 is 2.39 bits per heavy atom. The molecule has 0 aromatic heterocycles. The second kappa shape index (κ2) is 7.30. The lowest BCUT2D eigenvalue weighted by Gasteiger charge is -2.07. The Kier molecular flexibility index (Phi) is 4.96. The lowest BCUT2D eigenvalue weighted by Crippen LogP contribution is -1.96. The highest BCUT2D eigenvalue weighted by Crippen LogP contribution is 2.24. The zero-order valence-electron chi connectivity index (χ0n) is 11.9. The van der Waals surface area contributed by atoms with Gasteiger partial charge in [0.05, 0.1) is 5.56 Å². The lowest BCUT2D eigenvalue weighted by atomic mass is 10.2. The molecule has 0 saturated carbocycles. The summed E-state index contributed by atoms with van der Waals surface area (Å²) in [6, 6.07) is 16.4. The number of allylic oxidation sites excluding steroid dienone is 1. The molecule has 0 bridgehead atoms. The molecule has 2 aromatic rings. The van der Waals surface area contributed by atoms with E-state index in [9.17, 15) is 4.79 Å². The molecule has 6 nitrogen and oxygen atoms in total. The molecule has 0 saturated heterocycles. The van der Waals surface area contributed by atoms with Crippen molar-refractivity contribution in [3.8, 4) is 23.6 Å². The number of anilines is 1. The van der Waals surface area contributed by atoms with E-state index in [4.69, 9.17) is 20.4 Å². The molecule has 0 radical (unpaired) electrons. The zero-order valence-corrected chi connectivity index (χ0v) is 11.9. The first-order valence-corrected chi connectivity index (χ1v) is 6.50. The van der Waals surface area contributed by atoms with Crippen LogP contribution in [0.1, 0.15) is 10.4 Å². The second-order valence-corrected chi connectivity index (χ2v) is 4.39. The number of hydrogen-bond donors (Lipinski definition) is 2. The first kappa shape index (κ1) is 15.6. The quantitative estimate of drug-likeness (QED) is 0.818. The lowest BCUT2D eigenvalue weighted by molar-refractivity contribution is 0.0696. The molecule has 2 rings (SSSR count).